The van der Waals surface area contributed by atoms with Crippen LogP contribution in [0.15, 0.2) is 23.4 Å². The Morgan fingerprint density at radius 3 is 2.58 bits per heavy atom. The number of hydrogen-bond acceptors (Lipinski definition) is 5. The van der Waals surface area contributed by atoms with Crippen molar-refractivity contribution in [2.45, 2.75) is 31.0 Å². The van der Waals surface area contributed by atoms with Crippen molar-refractivity contribution in [1.29, 1.82) is 0 Å². The van der Waals surface area contributed by atoms with Gasteiger partial charge in [0.1, 0.15) is 0 Å². The Balaban J connectivity index is 2.69. The Hall–Kier alpha value is -1.02. The first-order valence-electron chi connectivity index (χ1n) is 6.17. The molecule has 1 rings (SSSR count). The summed E-state index contributed by atoms with van der Waals surface area (Å²) < 4.78 is 26.8. The van der Waals surface area contributed by atoms with Crippen LogP contribution in [0.2, 0.25) is 0 Å². The predicted molar refractivity (Wildman–Crippen MR) is 75.1 cm³/mol. The van der Waals surface area contributed by atoms with E-state index in [1.54, 1.807) is 6.07 Å². The lowest BCUT2D eigenvalue weighted by atomic mass is 10.2. The Labute approximate surface area is 115 Å². The first-order chi connectivity index (χ1) is 8.85. The minimum absolute atomic E-state index is 0.0291. The number of nitrogens with two attached hydrogens (primary N) is 1. The molecule has 0 aliphatic rings. The number of nitrogens with one attached hydrogen (secondary N) is 1. The molecule has 0 aromatic carbocycles. The lowest BCUT2D eigenvalue weighted by Gasteiger charge is -2.16. The van der Waals surface area contributed by atoms with Crippen LogP contribution in [0.25, 0.3) is 0 Å². The van der Waals surface area contributed by atoms with Crippen molar-refractivity contribution >= 4 is 10.0 Å². The van der Waals surface area contributed by atoms with E-state index in [1.165, 1.54) is 12.3 Å². The molecule has 0 bridgehead atoms. The summed E-state index contributed by atoms with van der Waals surface area (Å²) in [6.45, 7) is 3.01. The van der Waals surface area contributed by atoms with Gasteiger partial charge < -0.3 is 10.6 Å². The van der Waals surface area contributed by atoms with E-state index in [0.29, 0.717) is 6.54 Å². The Kier molecular flexibility index (Phi) is 5.86. The number of pyridine rings is 1. The molecule has 19 heavy (non-hydrogen) atoms. The smallest absolute Gasteiger partial charge is 0.258 e. The van der Waals surface area contributed by atoms with Gasteiger partial charge in [0, 0.05) is 18.8 Å². The van der Waals surface area contributed by atoms with E-state index >= 15 is 0 Å². The monoisotopic (exact) mass is 286 g/mol. The van der Waals surface area contributed by atoms with Crippen LogP contribution in [0.5, 0.6) is 0 Å². The molecule has 1 aromatic rings. The molecular weight excluding hydrogens is 264 g/mol. The fourth-order valence-electron chi connectivity index (χ4n) is 1.53. The van der Waals surface area contributed by atoms with Gasteiger partial charge in [-0.25, -0.2) is 18.1 Å². The van der Waals surface area contributed by atoms with Gasteiger partial charge in [0.2, 0.25) is 0 Å². The summed E-state index contributed by atoms with van der Waals surface area (Å²) in [5.74, 6) is 0. The van der Waals surface area contributed by atoms with E-state index in [4.69, 9.17) is 5.73 Å². The molecule has 0 radical (unpaired) electrons. The van der Waals surface area contributed by atoms with E-state index in [1.807, 2.05) is 25.9 Å². The van der Waals surface area contributed by atoms with Crippen molar-refractivity contribution in [3.8, 4) is 0 Å². The highest BCUT2D eigenvalue weighted by molar-refractivity contribution is 7.89. The average Bonchev–Trinajstić information content (AvgIpc) is 2.36. The molecule has 0 amide bonds. The van der Waals surface area contributed by atoms with E-state index in [2.05, 4.69) is 9.71 Å². The average molecular weight is 286 g/mol. The van der Waals surface area contributed by atoms with Crippen LogP contribution < -0.4 is 10.5 Å². The molecule has 1 heterocycles. The molecule has 0 aliphatic heterocycles. The SMILES string of the molecule is CC(CCN(C)C)NS(=O)(=O)c1ccc(CN)cn1. The molecule has 3 N–H and O–H groups in total. The molecule has 0 aliphatic carbocycles. The van der Waals surface area contributed by atoms with E-state index < -0.39 is 10.0 Å². The first kappa shape index (κ1) is 16.0. The zero-order valence-corrected chi connectivity index (χ0v) is 12.4. The molecule has 1 atom stereocenters. The number of aromatic nitrogens is 1. The highest BCUT2D eigenvalue weighted by Gasteiger charge is 2.18. The highest BCUT2D eigenvalue weighted by Crippen LogP contribution is 2.08. The maximum Gasteiger partial charge on any atom is 0.258 e. The molecule has 108 valence electrons. The zero-order valence-electron chi connectivity index (χ0n) is 11.6. The van der Waals surface area contributed by atoms with Crippen LogP contribution in [0.3, 0.4) is 0 Å². The van der Waals surface area contributed by atoms with Gasteiger partial charge in [0.15, 0.2) is 5.03 Å². The van der Waals surface area contributed by atoms with Crippen LogP contribution in [0.1, 0.15) is 18.9 Å². The largest absolute Gasteiger partial charge is 0.326 e. The standard InChI is InChI=1S/C12H22N4O2S/c1-10(6-7-16(2)3)15-19(17,18)12-5-4-11(8-13)9-14-12/h4-5,9-10,15H,6-8,13H2,1-3H3. The fraction of sp³-hybridized carbons (Fsp3) is 0.583. The number of sulfonamides is 1. The molecule has 0 spiro atoms. The Morgan fingerprint density at radius 2 is 2.11 bits per heavy atom. The van der Waals surface area contributed by atoms with Crippen LogP contribution in [-0.4, -0.2) is 45.0 Å². The molecule has 7 heteroatoms. The molecule has 0 saturated heterocycles. The van der Waals surface area contributed by atoms with Crippen LogP contribution in [0.4, 0.5) is 0 Å². The maximum absolute atomic E-state index is 12.1. The summed E-state index contributed by atoms with van der Waals surface area (Å²) >= 11 is 0. The summed E-state index contributed by atoms with van der Waals surface area (Å²) in [7, 11) is 0.353. The first-order valence-corrected chi connectivity index (χ1v) is 7.65. The summed E-state index contributed by atoms with van der Waals surface area (Å²) in [5.41, 5.74) is 6.25. The third kappa shape index (κ3) is 5.23. The molecule has 6 nitrogen and oxygen atoms in total. The van der Waals surface area contributed by atoms with Gasteiger partial charge in [-0.2, -0.15) is 0 Å². The van der Waals surface area contributed by atoms with Gasteiger partial charge in [-0.05, 0) is 45.6 Å². The maximum atomic E-state index is 12.1. The number of nitrogens with zero attached hydrogens (tertiary/aromatic N) is 2. The third-order valence-electron chi connectivity index (χ3n) is 2.67. The van der Waals surface area contributed by atoms with Crippen molar-refractivity contribution in [2.24, 2.45) is 5.73 Å². The van der Waals surface area contributed by atoms with Crippen molar-refractivity contribution in [1.82, 2.24) is 14.6 Å². The Morgan fingerprint density at radius 1 is 1.42 bits per heavy atom. The summed E-state index contributed by atoms with van der Waals surface area (Å²) in [6.07, 6.45) is 2.23. The molecule has 0 saturated carbocycles. The fourth-order valence-corrected chi connectivity index (χ4v) is 2.73. The zero-order chi connectivity index (χ0) is 14.5. The lowest BCUT2D eigenvalue weighted by molar-refractivity contribution is 0.379. The lowest BCUT2D eigenvalue weighted by Crippen LogP contribution is -2.35. The van der Waals surface area contributed by atoms with E-state index in [9.17, 15) is 8.42 Å². The minimum atomic E-state index is -3.55. The van der Waals surface area contributed by atoms with Crippen molar-refractivity contribution in [3.05, 3.63) is 23.9 Å². The second-order valence-corrected chi connectivity index (χ2v) is 6.48. The summed E-state index contributed by atoms with van der Waals surface area (Å²) in [5, 5.41) is 0.0291. The Bertz CT molecular complexity index is 485. The van der Waals surface area contributed by atoms with Crippen molar-refractivity contribution < 1.29 is 8.42 Å². The quantitative estimate of drug-likeness (QED) is 0.745. The van der Waals surface area contributed by atoms with Gasteiger partial charge in [-0.3, -0.25) is 0 Å². The molecule has 1 unspecified atom stereocenters. The van der Waals surface area contributed by atoms with Gasteiger partial charge in [0.25, 0.3) is 10.0 Å². The normalized spacial score (nSPS) is 13.7. The minimum Gasteiger partial charge on any atom is -0.326 e. The van der Waals surface area contributed by atoms with Gasteiger partial charge in [-0.1, -0.05) is 6.07 Å². The highest BCUT2D eigenvalue weighted by atomic mass is 32.2. The molecule has 1 aromatic heterocycles. The van der Waals surface area contributed by atoms with Crippen LogP contribution in [-0.2, 0) is 16.6 Å². The second kappa shape index (κ2) is 6.95. The van der Waals surface area contributed by atoms with E-state index in [0.717, 1.165) is 18.5 Å². The molecular formula is C12H22N4O2S. The predicted octanol–water partition coefficient (Wildman–Crippen LogP) is 0.159. The van der Waals surface area contributed by atoms with Crippen molar-refractivity contribution in [3.63, 3.8) is 0 Å². The van der Waals surface area contributed by atoms with Gasteiger partial charge >= 0.3 is 0 Å². The summed E-state index contributed by atoms with van der Waals surface area (Å²) in [6, 6.07) is 3.01. The van der Waals surface area contributed by atoms with Gasteiger partial charge in [-0.15, -0.1) is 0 Å². The second-order valence-electron chi connectivity index (χ2n) is 4.82. The third-order valence-corrected chi connectivity index (χ3v) is 4.18. The number of rotatable bonds is 7. The topological polar surface area (TPSA) is 88.3 Å². The number of hydrogen-bond donors (Lipinski definition) is 2. The van der Waals surface area contributed by atoms with Crippen LogP contribution in [0, 0.1) is 0 Å². The van der Waals surface area contributed by atoms with Gasteiger partial charge in [0.05, 0.1) is 0 Å². The van der Waals surface area contributed by atoms with E-state index in [-0.39, 0.29) is 11.1 Å². The summed E-state index contributed by atoms with van der Waals surface area (Å²) in [4.78, 5) is 5.94. The molecule has 0 fully saturated rings. The van der Waals surface area contributed by atoms with Crippen molar-refractivity contribution in [2.75, 3.05) is 20.6 Å². The van der Waals surface area contributed by atoms with Crippen LogP contribution >= 0.6 is 0 Å².